The van der Waals surface area contributed by atoms with Gasteiger partial charge in [-0.15, -0.1) is 0 Å². The second-order valence-electron chi connectivity index (χ2n) is 4.32. The average molecular weight is 275 g/mol. The van der Waals surface area contributed by atoms with Gasteiger partial charge in [-0.3, -0.25) is 9.69 Å². The van der Waals surface area contributed by atoms with E-state index in [0.717, 1.165) is 11.4 Å². The number of hydrogen-bond donors (Lipinski definition) is 0. The van der Waals surface area contributed by atoms with Gasteiger partial charge >= 0.3 is 0 Å². The number of para-hydroxylation sites is 2. The normalized spacial score (nSPS) is 10.9. The predicted molar refractivity (Wildman–Crippen MR) is 88.5 cm³/mol. The van der Waals surface area contributed by atoms with E-state index in [1.807, 2.05) is 60.7 Å². The molecule has 1 amide bonds. The van der Waals surface area contributed by atoms with Crippen LogP contribution in [0.25, 0.3) is 0 Å². The lowest BCUT2D eigenvalue weighted by atomic mass is 10.2. The van der Waals surface area contributed by atoms with Crippen molar-refractivity contribution in [2.24, 2.45) is 0 Å². The summed E-state index contributed by atoms with van der Waals surface area (Å²) in [4.78, 5) is 14.2. The van der Waals surface area contributed by atoms with Crippen molar-refractivity contribution in [3.8, 4) is 0 Å². The molecule has 104 valence electrons. The molecular weight excluding hydrogens is 258 g/mol. The molecule has 0 aromatic heterocycles. The van der Waals surface area contributed by atoms with Crippen LogP contribution in [-0.2, 0) is 4.79 Å². The summed E-state index contributed by atoms with van der Waals surface area (Å²) in [5, 5.41) is 0. The monoisotopic (exact) mass is 275 g/mol. The Morgan fingerprint density at radius 1 is 0.810 bits per heavy atom. The smallest absolute Gasteiger partial charge is 0.255 e. The minimum Gasteiger partial charge on any atom is -0.278 e. The number of amides is 1. The molecule has 21 heavy (non-hydrogen) atoms. The summed E-state index contributed by atoms with van der Waals surface area (Å²) in [6.07, 6.45) is 8.47. The van der Waals surface area contributed by atoms with E-state index in [1.165, 1.54) is 0 Å². The van der Waals surface area contributed by atoms with Crippen LogP contribution in [0.15, 0.2) is 97.6 Å². The summed E-state index contributed by atoms with van der Waals surface area (Å²) in [6, 6.07) is 19.2. The fraction of sp³-hybridized carbons (Fsp3) is 0. The molecule has 2 nitrogen and oxygen atoms in total. The molecule has 0 aliphatic rings. The molecular formula is C19H17NO. The van der Waals surface area contributed by atoms with E-state index < -0.39 is 0 Å². The van der Waals surface area contributed by atoms with Crippen LogP contribution in [-0.4, -0.2) is 5.91 Å². The molecule has 0 atom stereocenters. The molecule has 2 aromatic carbocycles. The summed E-state index contributed by atoms with van der Waals surface area (Å²) in [5.74, 6) is -0.0962. The maximum absolute atomic E-state index is 12.5. The third-order valence-electron chi connectivity index (χ3n) is 2.85. The van der Waals surface area contributed by atoms with Crippen molar-refractivity contribution in [1.29, 1.82) is 0 Å². The van der Waals surface area contributed by atoms with Crippen LogP contribution in [0.5, 0.6) is 0 Å². The van der Waals surface area contributed by atoms with Gasteiger partial charge < -0.3 is 0 Å². The Morgan fingerprint density at radius 3 is 1.81 bits per heavy atom. The first-order valence-corrected chi connectivity index (χ1v) is 6.73. The van der Waals surface area contributed by atoms with E-state index in [0.29, 0.717) is 0 Å². The van der Waals surface area contributed by atoms with Gasteiger partial charge in [-0.1, -0.05) is 67.3 Å². The van der Waals surface area contributed by atoms with E-state index in [2.05, 4.69) is 6.58 Å². The number of nitrogens with zero attached hydrogens (tertiary/aromatic N) is 1. The number of carbonyl (C=O) groups excluding carboxylic acids is 1. The van der Waals surface area contributed by atoms with Crippen molar-refractivity contribution in [2.45, 2.75) is 0 Å². The topological polar surface area (TPSA) is 20.3 Å². The van der Waals surface area contributed by atoms with Crippen molar-refractivity contribution in [3.63, 3.8) is 0 Å². The summed E-state index contributed by atoms with van der Waals surface area (Å²) >= 11 is 0. The lowest BCUT2D eigenvalue weighted by molar-refractivity contribution is -0.113. The Morgan fingerprint density at radius 2 is 1.33 bits per heavy atom. The first-order valence-electron chi connectivity index (χ1n) is 6.73. The van der Waals surface area contributed by atoms with Crippen molar-refractivity contribution >= 4 is 17.3 Å². The zero-order valence-electron chi connectivity index (χ0n) is 11.7. The van der Waals surface area contributed by atoms with Gasteiger partial charge in [0.15, 0.2) is 0 Å². The highest BCUT2D eigenvalue weighted by molar-refractivity contribution is 6.07. The molecule has 0 heterocycles. The minimum atomic E-state index is -0.0962. The van der Waals surface area contributed by atoms with Crippen molar-refractivity contribution in [2.75, 3.05) is 4.90 Å². The van der Waals surface area contributed by atoms with Crippen molar-refractivity contribution in [1.82, 2.24) is 0 Å². The Labute approximate surface area is 125 Å². The lowest BCUT2D eigenvalue weighted by Crippen LogP contribution is -2.23. The van der Waals surface area contributed by atoms with Crippen molar-refractivity contribution < 1.29 is 4.79 Å². The number of anilines is 2. The fourth-order valence-corrected chi connectivity index (χ4v) is 1.91. The summed E-state index contributed by atoms with van der Waals surface area (Å²) in [7, 11) is 0. The van der Waals surface area contributed by atoms with Gasteiger partial charge in [0.25, 0.3) is 5.91 Å². The molecule has 2 aromatic rings. The van der Waals surface area contributed by atoms with Gasteiger partial charge in [-0.25, -0.2) is 0 Å². The predicted octanol–water partition coefficient (Wildman–Crippen LogP) is 4.65. The lowest BCUT2D eigenvalue weighted by Gasteiger charge is -2.21. The number of hydrogen-bond acceptors (Lipinski definition) is 1. The molecule has 0 aliphatic heterocycles. The molecule has 0 aliphatic carbocycles. The molecule has 0 unspecified atom stereocenters. The SMILES string of the molecule is C=C/C=C\C=C\C(=O)N(c1ccccc1)c1ccccc1. The highest BCUT2D eigenvalue weighted by atomic mass is 16.2. The van der Waals surface area contributed by atoms with Gasteiger partial charge in [-0.2, -0.15) is 0 Å². The fourth-order valence-electron chi connectivity index (χ4n) is 1.91. The maximum atomic E-state index is 12.5. The third kappa shape index (κ3) is 4.05. The Balaban J connectivity index is 2.33. The summed E-state index contributed by atoms with van der Waals surface area (Å²) in [6.45, 7) is 3.59. The zero-order chi connectivity index (χ0) is 14.9. The van der Waals surface area contributed by atoms with Crippen LogP contribution in [0.2, 0.25) is 0 Å². The van der Waals surface area contributed by atoms with E-state index in [4.69, 9.17) is 0 Å². The molecule has 2 heteroatoms. The summed E-state index contributed by atoms with van der Waals surface area (Å²) < 4.78 is 0. The van der Waals surface area contributed by atoms with E-state index in [1.54, 1.807) is 35.3 Å². The number of benzene rings is 2. The molecule has 0 fully saturated rings. The molecule has 0 saturated heterocycles. The van der Waals surface area contributed by atoms with Gasteiger partial charge in [0.1, 0.15) is 0 Å². The van der Waals surface area contributed by atoms with Gasteiger partial charge in [0.05, 0.1) is 0 Å². The Kier molecular flexibility index (Phi) is 5.30. The van der Waals surface area contributed by atoms with Crippen LogP contribution >= 0.6 is 0 Å². The standard InChI is InChI=1S/C19H17NO/c1-2-3-4-11-16-19(21)20(17-12-7-5-8-13-17)18-14-9-6-10-15-18/h2-16H,1H2/b4-3-,16-11+. The molecule has 0 saturated carbocycles. The molecule has 0 N–H and O–H groups in total. The third-order valence-corrected chi connectivity index (χ3v) is 2.85. The van der Waals surface area contributed by atoms with Crippen LogP contribution in [0.4, 0.5) is 11.4 Å². The highest BCUT2D eigenvalue weighted by Crippen LogP contribution is 2.25. The van der Waals surface area contributed by atoms with E-state index in [9.17, 15) is 4.79 Å². The zero-order valence-corrected chi connectivity index (χ0v) is 11.7. The highest BCUT2D eigenvalue weighted by Gasteiger charge is 2.14. The van der Waals surface area contributed by atoms with Crippen LogP contribution in [0, 0.1) is 0 Å². The second kappa shape index (κ2) is 7.65. The Hall–Kier alpha value is -2.87. The van der Waals surface area contributed by atoms with E-state index in [-0.39, 0.29) is 5.91 Å². The molecule has 0 spiro atoms. The molecule has 2 rings (SSSR count). The minimum absolute atomic E-state index is 0.0962. The quantitative estimate of drug-likeness (QED) is 0.574. The van der Waals surface area contributed by atoms with Gasteiger partial charge in [0, 0.05) is 17.5 Å². The van der Waals surface area contributed by atoms with Gasteiger partial charge in [0.2, 0.25) is 0 Å². The number of allylic oxidation sites excluding steroid dienone is 4. The van der Waals surface area contributed by atoms with Gasteiger partial charge in [-0.05, 0) is 24.3 Å². The number of rotatable bonds is 5. The Bertz CT molecular complexity index is 602. The first-order chi connectivity index (χ1) is 10.3. The van der Waals surface area contributed by atoms with Crippen LogP contribution in [0.1, 0.15) is 0 Å². The first kappa shape index (κ1) is 14.5. The maximum Gasteiger partial charge on any atom is 0.255 e. The second-order valence-corrected chi connectivity index (χ2v) is 4.32. The largest absolute Gasteiger partial charge is 0.278 e. The van der Waals surface area contributed by atoms with Crippen molar-refractivity contribution in [3.05, 3.63) is 97.6 Å². The average Bonchev–Trinajstić information content (AvgIpc) is 2.54. The van der Waals surface area contributed by atoms with E-state index >= 15 is 0 Å². The summed E-state index contributed by atoms with van der Waals surface area (Å²) in [5.41, 5.74) is 1.68. The molecule has 0 bridgehead atoms. The van der Waals surface area contributed by atoms with Crippen LogP contribution < -0.4 is 4.90 Å². The molecule has 0 radical (unpaired) electrons. The number of carbonyl (C=O) groups is 1. The van der Waals surface area contributed by atoms with Crippen LogP contribution in [0.3, 0.4) is 0 Å².